The molecule has 0 aromatic heterocycles. The molecule has 0 heterocycles. The van der Waals surface area contributed by atoms with Gasteiger partial charge in [0.05, 0.1) is 5.69 Å². The first-order chi connectivity index (χ1) is 7.59. The van der Waals surface area contributed by atoms with Crippen LogP contribution < -0.4 is 5.73 Å². The van der Waals surface area contributed by atoms with Crippen molar-refractivity contribution in [3.63, 3.8) is 0 Å². The number of aryl methyl sites for hydroxylation is 1. The summed E-state index contributed by atoms with van der Waals surface area (Å²) in [4.78, 5) is 0.858. The average molecular weight is 233 g/mol. The van der Waals surface area contributed by atoms with E-state index in [1.54, 1.807) is 6.07 Å². The molecule has 82 valence electrons. The Hall–Kier alpha value is -1.48. The van der Waals surface area contributed by atoms with Crippen molar-refractivity contribution in [2.75, 3.05) is 5.73 Å². The van der Waals surface area contributed by atoms with Crippen LogP contribution in [0.5, 0.6) is 0 Å². The molecule has 3 heteroatoms. The van der Waals surface area contributed by atoms with Gasteiger partial charge in [0.25, 0.3) is 0 Å². The number of nitrogen functional groups attached to an aromatic ring is 1. The molecule has 0 saturated heterocycles. The zero-order valence-electron chi connectivity index (χ0n) is 8.87. The highest BCUT2D eigenvalue weighted by Crippen LogP contribution is 2.31. The van der Waals surface area contributed by atoms with Gasteiger partial charge in [-0.15, -0.1) is 12.6 Å². The van der Waals surface area contributed by atoms with Gasteiger partial charge >= 0.3 is 0 Å². The van der Waals surface area contributed by atoms with Crippen molar-refractivity contribution in [2.45, 2.75) is 11.8 Å². The fourth-order valence-corrected chi connectivity index (χ4v) is 1.96. The van der Waals surface area contributed by atoms with Crippen LogP contribution in [0.15, 0.2) is 41.3 Å². The lowest BCUT2D eigenvalue weighted by Crippen LogP contribution is -1.94. The maximum absolute atomic E-state index is 13.2. The molecule has 2 N–H and O–H groups in total. The van der Waals surface area contributed by atoms with Crippen LogP contribution in [-0.4, -0.2) is 0 Å². The van der Waals surface area contributed by atoms with Crippen molar-refractivity contribution in [3.8, 4) is 11.1 Å². The first-order valence-corrected chi connectivity index (χ1v) is 5.38. The van der Waals surface area contributed by atoms with E-state index in [-0.39, 0.29) is 11.5 Å². The predicted molar refractivity (Wildman–Crippen MR) is 68.2 cm³/mol. The lowest BCUT2D eigenvalue weighted by Gasteiger charge is -2.10. The molecule has 2 rings (SSSR count). The van der Waals surface area contributed by atoms with Crippen molar-refractivity contribution in [1.82, 2.24) is 0 Å². The van der Waals surface area contributed by atoms with Gasteiger partial charge < -0.3 is 5.73 Å². The van der Waals surface area contributed by atoms with E-state index in [4.69, 9.17) is 5.73 Å². The van der Waals surface area contributed by atoms with Gasteiger partial charge in [-0.3, -0.25) is 0 Å². The number of benzene rings is 2. The molecular formula is C13H12FNS. The molecule has 16 heavy (non-hydrogen) atoms. The number of thiol groups is 1. The van der Waals surface area contributed by atoms with Gasteiger partial charge in [-0.25, -0.2) is 4.39 Å². The molecule has 0 atom stereocenters. The van der Waals surface area contributed by atoms with Crippen LogP contribution in [0.4, 0.5) is 10.1 Å². The molecule has 0 radical (unpaired) electrons. The second-order valence-corrected chi connectivity index (χ2v) is 4.19. The number of anilines is 1. The minimum absolute atomic E-state index is 0.164. The average Bonchev–Trinajstić information content (AvgIpc) is 2.25. The second kappa shape index (κ2) is 4.18. The van der Waals surface area contributed by atoms with Crippen LogP contribution >= 0.6 is 12.6 Å². The van der Waals surface area contributed by atoms with Crippen LogP contribution in [0.2, 0.25) is 0 Å². The summed E-state index contributed by atoms with van der Waals surface area (Å²) in [5, 5.41) is 0. The highest BCUT2D eigenvalue weighted by atomic mass is 32.1. The Morgan fingerprint density at radius 1 is 1.12 bits per heavy atom. The summed E-state index contributed by atoms with van der Waals surface area (Å²) >= 11 is 4.38. The summed E-state index contributed by atoms with van der Waals surface area (Å²) in [5.41, 5.74) is 8.48. The molecule has 2 aromatic carbocycles. The van der Waals surface area contributed by atoms with E-state index >= 15 is 0 Å². The molecule has 0 unspecified atom stereocenters. The molecule has 2 aromatic rings. The van der Waals surface area contributed by atoms with E-state index < -0.39 is 0 Å². The number of nitrogens with two attached hydrogens (primary N) is 1. The van der Waals surface area contributed by atoms with Crippen molar-refractivity contribution >= 4 is 18.3 Å². The van der Waals surface area contributed by atoms with Gasteiger partial charge in [0.15, 0.2) is 0 Å². The molecule has 0 saturated carbocycles. The van der Waals surface area contributed by atoms with Gasteiger partial charge in [-0.1, -0.05) is 18.2 Å². The Morgan fingerprint density at radius 2 is 1.81 bits per heavy atom. The van der Waals surface area contributed by atoms with Gasteiger partial charge in [0, 0.05) is 4.90 Å². The number of halogens is 1. The molecule has 0 bridgehead atoms. The fraction of sp³-hybridized carbons (Fsp3) is 0.0769. The molecule has 0 fully saturated rings. The fourth-order valence-electron chi connectivity index (χ4n) is 1.68. The first-order valence-electron chi connectivity index (χ1n) is 4.93. The third kappa shape index (κ3) is 1.91. The van der Waals surface area contributed by atoms with E-state index in [2.05, 4.69) is 12.6 Å². The molecule has 0 aliphatic carbocycles. The molecule has 0 spiro atoms. The van der Waals surface area contributed by atoms with E-state index in [9.17, 15) is 4.39 Å². The summed E-state index contributed by atoms with van der Waals surface area (Å²) < 4.78 is 13.2. The summed E-state index contributed by atoms with van der Waals surface area (Å²) in [6, 6.07) is 10.8. The minimum atomic E-state index is -0.377. The van der Waals surface area contributed by atoms with E-state index in [1.165, 1.54) is 6.07 Å². The van der Waals surface area contributed by atoms with Crippen molar-refractivity contribution < 1.29 is 4.39 Å². The highest BCUT2D eigenvalue weighted by molar-refractivity contribution is 7.80. The largest absolute Gasteiger partial charge is 0.396 e. The van der Waals surface area contributed by atoms with Crippen LogP contribution in [0.1, 0.15) is 5.56 Å². The Kier molecular flexibility index (Phi) is 2.88. The molecule has 1 nitrogen and oxygen atoms in total. The first kappa shape index (κ1) is 11.0. The monoisotopic (exact) mass is 233 g/mol. The highest BCUT2D eigenvalue weighted by Gasteiger charge is 2.08. The second-order valence-electron chi connectivity index (χ2n) is 3.71. The topological polar surface area (TPSA) is 26.0 Å². The zero-order chi connectivity index (χ0) is 11.7. The SMILES string of the molecule is Cc1cc(F)c(N)cc1-c1ccccc1S. The van der Waals surface area contributed by atoms with E-state index in [1.807, 2.05) is 31.2 Å². The standard InChI is InChI=1S/C13H12FNS/c1-8-6-11(14)12(15)7-10(8)9-4-2-3-5-13(9)16/h2-7,16H,15H2,1H3. The smallest absolute Gasteiger partial charge is 0.146 e. The van der Waals surface area contributed by atoms with E-state index in [0.717, 1.165) is 21.6 Å². The summed E-state index contributed by atoms with van der Waals surface area (Å²) in [6.07, 6.45) is 0. The summed E-state index contributed by atoms with van der Waals surface area (Å²) in [5.74, 6) is -0.377. The van der Waals surface area contributed by atoms with E-state index in [0.29, 0.717) is 0 Å². The molecular weight excluding hydrogens is 221 g/mol. The number of hydrogen-bond donors (Lipinski definition) is 2. The Bertz CT molecular complexity index is 537. The summed E-state index contributed by atoms with van der Waals surface area (Å²) in [6.45, 7) is 1.86. The molecule has 0 amide bonds. The third-order valence-corrected chi connectivity index (χ3v) is 2.93. The normalized spacial score (nSPS) is 10.4. The Balaban J connectivity index is 2.65. The minimum Gasteiger partial charge on any atom is -0.396 e. The Labute approximate surface area is 99.5 Å². The predicted octanol–water partition coefficient (Wildman–Crippen LogP) is 3.67. The molecule has 0 aliphatic heterocycles. The maximum Gasteiger partial charge on any atom is 0.146 e. The summed E-state index contributed by atoms with van der Waals surface area (Å²) in [7, 11) is 0. The van der Waals surface area contributed by atoms with Gasteiger partial charge in [0.2, 0.25) is 0 Å². The van der Waals surface area contributed by atoms with Gasteiger partial charge in [0.1, 0.15) is 5.82 Å². The van der Waals surface area contributed by atoms with Crippen LogP contribution in [-0.2, 0) is 0 Å². The van der Waals surface area contributed by atoms with Gasteiger partial charge in [-0.05, 0) is 41.8 Å². The van der Waals surface area contributed by atoms with Crippen LogP contribution in [0.25, 0.3) is 11.1 Å². The van der Waals surface area contributed by atoms with Gasteiger partial charge in [-0.2, -0.15) is 0 Å². The van der Waals surface area contributed by atoms with Crippen molar-refractivity contribution in [2.24, 2.45) is 0 Å². The van der Waals surface area contributed by atoms with Crippen molar-refractivity contribution in [1.29, 1.82) is 0 Å². The molecule has 0 aliphatic rings. The van der Waals surface area contributed by atoms with Crippen LogP contribution in [0.3, 0.4) is 0 Å². The lowest BCUT2D eigenvalue weighted by atomic mass is 9.99. The number of hydrogen-bond acceptors (Lipinski definition) is 2. The third-order valence-electron chi connectivity index (χ3n) is 2.54. The number of rotatable bonds is 1. The van der Waals surface area contributed by atoms with Crippen molar-refractivity contribution in [3.05, 3.63) is 47.8 Å². The Morgan fingerprint density at radius 3 is 2.50 bits per heavy atom. The lowest BCUT2D eigenvalue weighted by molar-refractivity contribution is 0.631. The maximum atomic E-state index is 13.2. The van der Waals surface area contributed by atoms with Crippen LogP contribution in [0, 0.1) is 12.7 Å². The quantitative estimate of drug-likeness (QED) is 0.570. The zero-order valence-corrected chi connectivity index (χ0v) is 9.76.